The molecule has 1 unspecified atom stereocenters. The molecule has 2 N–H and O–H groups in total. The molecule has 0 radical (unpaired) electrons. The topological polar surface area (TPSA) is 58.0 Å². The third-order valence-electron chi connectivity index (χ3n) is 2.98. The van der Waals surface area contributed by atoms with E-state index in [4.69, 9.17) is 5.11 Å². The fraction of sp³-hybridized carbons (Fsp3) is 0.733. The highest BCUT2D eigenvalue weighted by Crippen LogP contribution is 2.27. The van der Waals surface area contributed by atoms with Crippen molar-refractivity contribution in [3.05, 3.63) is 11.4 Å². The minimum atomic E-state index is 0.222. The van der Waals surface area contributed by atoms with E-state index in [-0.39, 0.29) is 12.5 Å². The number of hydrogen-bond donors (Lipinski definition) is 2. The average molecular weight is 297 g/mol. The summed E-state index contributed by atoms with van der Waals surface area (Å²) in [5, 5.41) is 13.6. The van der Waals surface area contributed by atoms with Crippen molar-refractivity contribution in [1.82, 2.24) is 9.97 Å². The molecule has 1 aromatic rings. The summed E-state index contributed by atoms with van der Waals surface area (Å²) in [4.78, 5) is 9.29. The lowest BCUT2D eigenvalue weighted by atomic mass is 10.2. The van der Waals surface area contributed by atoms with Crippen LogP contribution in [0.3, 0.4) is 0 Å². The molecule has 0 fully saturated rings. The van der Waals surface area contributed by atoms with Crippen LogP contribution >= 0.6 is 11.8 Å². The Morgan fingerprint density at radius 3 is 2.60 bits per heavy atom. The molecule has 0 saturated carbocycles. The number of anilines is 1. The summed E-state index contributed by atoms with van der Waals surface area (Å²) >= 11 is 1.72. The molecule has 0 aliphatic rings. The predicted octanol–water partition coefficient (Wildman–Crippen LogP) is 3.28. The maximum absolute atomic E-state index is 9.13. The molecule has 1 rings (SSSR count). The molecule has 0 saturated heterocycles. The molecule has 0 bridgehead atoms. The van der Waals surface area contributed by atoms with Gasteiger partial charge in [0, 0.05) is 30.9 Å². The summed E-state index contributed by atoms with van der Waals surface area (Å²) in [6.07, 6.45) is 3.04. The van der Waals surface area contributed by atoms with E-state index in [0.717, 1.165) is 53.8 Å². The molecule has 0 amide bonds. The van der Waals surface area contributed by atoms with Crippen molar-refractivity contribution < 1.29 is 5.11 Å². The van der Waals surface area contributed by atoms with Crippen LogP contribution in [-0.4, -0.2) is 34.0 Å². The van der Waals surface area contributed by atoms with Gasteiger partial charge in [-0.3, -0.25) is 0 Å². The standard InChI is InChI=1S/C15H27N3OS/c1-5-7-13-17-14(16-8-6-2)12(4)15(18-13)20-10-11(3)9-19/h11,19H,5-10H2,1-4H3,(H,16,17,18). The molecular formula is C15H27N3OS. The zero-order chi connectivity index (χ0) is 15.0. The van der Waals surface area contributed by atoms with Gasteiger partial charge in [-0.25, -0.2) is 9.97 Å². The minimum absolute atomic E-state index is 0.222. The Morgan fingerprint density at radius 1 is 1.25 bits per heavy atom. The van der Waals surface area contributed by atoms with Crippen LogP contribution in [0.1, 0.15) is 45.0 Å². The van der Waals surface area contributed by atoms with Gasteiger partial charge < -0.3 is 10.4 Å². The predicted molar refractivity (Wildman–Crippen MR) is 86.5 cm³/mol. The number of hydrogen-bond acceptors (Lipinski definition) is 5. The van der Waals surface area contributed by atoms with Gasteiger partial charge in [-0.05, 0) is 25.7 Å². The average Bonchev–Trinajstić information content (AvgIpc) is 2.45. The monoisotopic (exact) mass is 297 g/mol. The van der Waals surface area contributed by atoms with Crippen LogP contribution in [-0.2, 0) is 6.42 Å². The molecule has 1 heterocycles. The summed E-state index contributed by atoms with van der Waals surface area (Å²) in [7, 11) is 0. The summed E-state index contributed by atoms with van der Waals surface area (Å²) in [6, 6.07) is 0. The molecule has 1 aromatic heterocycles. The quantitative estimate of drug-likeness (QED) is 0.541. The fourth-order valence-corrected chi connectivity index (χ4v) is 2.74. The van der Waals surface area contributed by atoms with E-state index < -0.39 is 0 Å². The Bertz CT molecular complexity index is 412. The highest BCUT2D eigenvalue weighted by Gasteiger charge is 2.12. The first-order valence-corrected chi connectivity index (χ1v) is 8.45. The van der Waals surface area contributed by atoms with E-state index in [0.29, 0.717) is 0 Å². The van der Waals surface area contributed by atoms with Crippen molar-refractivity contribution in [2.24, 2.45) is 5.92 Å². The van der Waals surface area contributed by atoms with Crippen LogP contribution < -0.4 is 5.32 Å². The molecule has 0 aliphatic carbocycles. The Kier molecular flexibility index (Phi) is 7.92. The number of nitrogens with one attached hydrogen (secondary N) is 1. The number of rotatable bonds is 9. The molecular weight excluding hydrogens is 270 g/mol. The summed E-state index contributed by atoms with van der Waals surface area (Å²) in [6.45, 7) is 9.56. The van der Waals surface area contributed by atoms with Gasteiger partial charge in [0.25, 0.3) is 0 Å². The zero-order valence-corrected chi connectivity index (χ0v) is 13.9. The Balaban J connectivity index is 2.91. The SMILES string of the molecule is CCCNc1nc(CCC)nc(SCC(C)CO)c1C. The van der Waals surface area contributed by atoms with Gasteiger partial charge >= 0.3 is 0 Å². The first-order valence-electron chi connectivity index (χ1n) is 7.47. The normalized spacial score (nSPS) is 12.4. The molecule has 0 spiro atoms. The van der Waals surface area contributed by atoms with Crippen molar-refractivity contribution in [1.29, 1.82) is 0 Å². The molecule has 0 aliphatic heterocycles. The van der Waals surface area contributed by atoms with Crippen molar-refractivity contribution in [2.75, 3.05) is 24.2 Å². The Labute approximate surface area is 126 Å². The van der Waals surface area contributed by atoms with Crippen molar-refractivity contribution in [3.8, 4) is 0 Å². The number of aryl methyl sites for hydroxylation is 1. The van der Waals surface area contributed by atoms with Crippen LogP contribution in [0.4, 0.5) is 5.82 Å². The molecule has 114 valence electrons. The lowest BCUT2D eigenvalue weighted by Crippen LogP contribution is -2.10. The Hall–Kier alpha value is -0.810. The second-order valence-electron chi connectivity index (χ2n) is 5.19. The second-order valence-corrected chi connectivity index (χ2v) is 6.20. The van der Waals surface area contributed by atoms with Crippen molar-refractivity contribution >= 4 is 17.6 Å². The second kappa shape index (κ2) is 9.19. The minimum Gasteiger partial charge on any atom is -0.396 e. The summed E-state index contributed by atoms with van der Waals surface area (Å²) < 4.78 is 0. The number of aromatic nitrogens is 2. The maximum Gasteiger partial charge on any atom is 0.133 e. The largest absolute Gasteiger partial charge is 0.396 e. The van der Waals surface area contributed by atoms with Crippen LogP contribution in [0.2, 0.25) is 0 Å². The first-order chi connectivity index (χ1) is 9.62. The smallest absolute Gasteiger partial charge is 0.133 e. The molecule has 4 nitrogen and oxygen atoms in total. The third-order valence-corrected chi connectivity index (χ3v) is 4.39. The van der Waals surface area contributed by atoms with E-state index in [1.165, 1.54) is 0 Å². The molecule has 5 heteroatoms. The van der Waals surface area contributed by atoms with E-state index >= 15 is 0 Å². The molecule has 1 atom stereocenters. The highest BCUT2D eigenvalue weighted by atomic mass is 32.2. The van der Waals surface area contributed by atoms with Crippen LogP contribution in [0.5, 0.6) is 0 Å². The van der Waals surface area contributed by atoms with Gasteiger partial charge in [-0.2, -0.15) is 0 Å². The van der Waals surface area contributed by atoms with Gasteiger partial charge in [0.2, 0.25) is 0 Å². The first kappa shape index (κ1) is 17.2. The van der Waals surface area contributed by atoms with Gasteiger partial charge in [0.15, 0.2) is 0 Å². The van der Waals surface area contributed by atoms with Gasteiger partial charge in [-0.1, -0.05) is 20.8 Å². The van der Waals surface area contributed by atoms with E-state index in [1.54, 1.807) is 11.8 Å². The molecule has 0 aromatic carbocycles. The number of nitrogens with zero attached hydrogens (tertiary/aromatic N) is 2. The number of aliphatic hydroxyl groups is 1. The van der Waals surface area contributed by atoms with Crippen LogP contribution in [0.15, 0.2) is 5.03 Å². The number of thioether (sulfide) groups is 1. The van der Waals surface area contributed by atoms with Gasteiger partial charge in [0.1, 0.15) is 16.7 Å². The van der Waals surface area contributed by atoms with Crippen molar-refractivity contribution in [3.63, 3.8) is 0 Å². The van der Waals surface area contributed by atoms with E-state index in [9.17, 15) is 0 Å². The zero-order valence-electron chi connectivity index (χ0n) is 13.1. The number of aliphatic hydroxyl groups excluding tert-OH is 1. The van der Waals surface area contributed by atoms with Gasteiger partial charge in [0.05, 0.1) is 0 Å². The summed E-state index contributed by atoms with van der Waals surface area (Å²) in [5.41, 5.74) is 1.12. The molecule has 20 heavy (non-hydrogen) atoms. The van der Waals surface area contributed by atoms with Crippen LogP contribution in [0.25, 0.3) is 0 Å². The highest BCUT2D eigenvalue weighted by molar-refractivity contribution is 7.99. The summed E-state index contributed by atoms with van der Waals surface area (Å²) in [5.74, 6) is 3.05. The third kappa shape index (κ3) is 5.29. The lowest BCUT2D eigenvalue weighted by molar-refractivity contribution is 0.250. The van der Waals surface area contributed by atoms with Crippen molar-refractivity contribution in [2.45, 2.75) is 52.0 Å². The van der Waals surface area contributed by atoms with E-state index in [2.05, 4.69) is 36.1 Å². The van der Waals surface area contributed by atoms with Gasteiger partial charge in [-0.15, -0.1) is 11.8 Å². The lowest BCUT2D eigenvalue weighted by Gasteiger charge is -2.14. The van der Waals surface area contributed by atoms with Crippen LogP contribution in [0, 0.1) is 12.8 Å². The van der Waals surface area contributed by atoms with E-state index in [1.807, 2.05) is 6.92 Å². The maximum atomic E-state index is 9.13. The Morgan fingerprint density at radius 2 is 2.00 bits per heavy atom. The fourth-order valence-electron chi connectivity index (χ4n) is 1.71.